The third-order valence-corrected chi connectivity index (χ3v) is 6.40. The van der Waals surface area contributed by atoms with Gasteiger partial charge in [0, 0.05) is 44.0 Å². The molecular weight excluding hydrogens is 370 g/mol. The summed E-state index contributed by atoms with van der Waals surface area (Å²) in [6.45, 7) is 11.0. The van der Waals surface area contributed by atoms with E-state index in [1.54, 1.807) is 16.2 Å². The Labute approximate surface area is 174 Å². The molecule has 2 N–H and O–H groups in total. The van der Waals surface area contributed by atoms with E-state index >= 15 is 0 Å². The fraction of sp³-hybridized carbons (Fsp3) is 0.714. The number of nitrogens with zero attached hydrogens (tertiary/aromatic N) is 3. The van der Waals surface area contributed by atoms with Crippen LogP contribution in [0.4, 0.5) is 0 Å². The van der Waals surface area contributed by atoms with Crippen molar-refractivity contribution < 1.29 is 4.79 Å². The maximum atomic E-state index is 12.3. The predicted octanol–water partition coefficient (Wildman–Crippen LogP) is 2.52. The largest absolute Gasteiger partial charge is 0.357 e. The maximum Gasteiger partial charge on any atom is 0.239 e. The monoisotopic (exact) mass is 407 g/mol. The van der Waals surface area contributed by atoms with Crippen LogP contribution in [0.5, 0.6) is 0 Å². The molecule has 0 radical (unpaired) electrons. The Hall–Kier alpha value is -1.60. The fourth-order valence-electron chi connectivity index (χ4n) is 3.52. The number of nitrogens with one attached hydrogen (secondary N) is 2. The number of hydrogen-bond acceptors (Lipinski definition) is 4. The smallest absolute Gasteiger partial charge is 0.239 e. The number of rotatable bonds is 9. The van der Waals surface area contributed by atoms with E-state index in [9.17, 15) is 4.79 Å². The fourth-order valence-corrected chi connectivity index (χ4v) is 4.36. The third kappa shape index (κ3) is 6.48. The molecule has 7 heteroatoms. The van der Waals surface area contributed by atoms with Gasteiger partial charge in [-0.15, -0.1) is 11.3 Å². The number of likely N-dealkylation sites (N-methyl/N-ethyl adjacent to an activating group) is 1. The Kier molecular flexibility index (Phi) is 8.76. The number of carbonyl (C=O) groups excluding carboxylic acids is 1. The first kappa shape index (κ1) is 22.7. The molecule has 1 saturated heterocycles. The van der Waals surface area contributed by atoms with Gasteiger partial charge >= 0.3 is 0 Å². The molecule has 2 rings (SSSR count). The Morgan fingerprint density at radius 2 is 2.18 bits per heavy atom. The molecule has 0 saturated carbocycles. The van der Waals surface area contributed by atoms with Gasteiger partial charge in [0.1, 0.15) is 0 Å². The molecule has 0 bridgehead atoms. The van der Waals surface area contributed by atoms with Crippen molar-refractivity contribution in [1.82, 2.24) is 20.4 Å². The van der Waals surface area contributed by atoms with Crippen LogP contribution in [0.25, 0.3) is 0 Å². The van der Waals surface area contributed by atoms with E-state index in [0.717, 1.165) is 57.9 Å². The molecule has 1 aliphatic heterocycles. The summed E-state index contributed by atoms with van der Waals surface area (Å²) in [5, 5.41) is 8.91. The topological polar surface area (TPSA) is 60.0 Å². The van der Waals surface area contributed by atoms with Crippen molar-refractivity contribution in [2.45, 2.75) is 51.5 Å². The molecule has 1 aromatic rings. The van der Waals surface area contributed by atoms with Crippen molar-refractivity contribution in [2.75, 3.05) is 46.8 Å². The molecule has 1 atom stereocenters. The second-order valence-corrected chi connectivity index (χ2v) is 9.21. The third-order valence-electron chi connectivity index (χ3n) is 5.17. The quantitative estimate of drug-likeness (QED) is 0.375. The van der Waals surface area contributed by atoms with Crippen molar-refractivity contribution in [2.24, 2.45) is 4.99 Å². The summed E-state index contributed by atoms with van der Waals surface area (Å²) < 4.78 is 0. The van der Waals surface area contributed by atoms with Gasteiger partial charge in [-0.2, -0.15) is 0 Å². The van der Waals surface area contributed by atoms with Crippen LogP contribution in [0.1, 0.15) is 44.9 Å². The molecule has 28 heavy (non-hydrogen) atoms. The van der Waals surface area contributed by atoms with Crippen molar-refractivity contribution in [3.63, 3.8) is 0 Å². The van der Waals surface area contributed by atoms with Crippen LogP contribution in [0.2, 0.25) is 0 Å². The van der Waals surface area contributed by atoms with Gasteiger partial charge in [0.15, 0.2) is 5.96 Å². The zero-order chi connectivity index (χ0) is 20.6. The van der Waals surface area contributed by atoms with Gasteiger partial charge in [-0.25, -0.2) is 0 Å². The van der Waals surface area contributed by atoms with E-state index in [1.165, 1.54) is 4.88 Å². The lowest BCUT2D eigenvalue weighted by Crippen LogP contribution is -2.44. The van der Waals surface area contributed by atoms with Crippen LogP contribution in [-0.2, 0) is 10.2 Å². The summed E-state index contributed by atoms with van der Waals surface area (Å²) in [6.07, 6.45) is 3.09. The standard InChI is InChI=1S/C21H37N5OS/c1-6-22-20(24-16-21(2,3)18-11-8-15-28-18)23-12-9-14-26-13-7-10-17(26)19(27)25(4)5/h8,11,15,17H,6-7,9-10,12-14,16H2,1-5H3,(H2,22,23,24). The lowest BCUT2D eigenvalue weighted by atomic mass is 9.92. The molecule has 158 valence electrons. The minimum atomic E-state index is 0.0336. The molecule has 0 aliphatic carbocycles. The SMILES string of the molecule is CCNC(=NCC(C)(C)c1cccs1)NCCCN1CCCC1C(=O)N(C)C. The van der Waals surface area contributed by atoms with E-state index < -0.39 is 0 Å². The average Bonchev–Trinajstić information content (AvgIpc) is 3.34. The van der Waals surface area contributed by atoms with Gasteiger partial charge in [0.25, 0.3) is 0 Å². The Morgan fingerprint density at radius 3 is 2.82 bits per heavy atom. The Balaban J connectivity index is 1.80. The highest BCUT2D eigenvalue weighted by Crippen LogP contribution is 2.27. The highest BCUT2D eigenvalue weighted by Gasteiger charge is 2.31. The summed E-state index contributed by atoms with van der Waals surface area (Å²) in [7, 11) is 3.69. The number of amides is 1. The molecule has 1 aliphatic rings. The summed E-state index contributed by atoms with van der Waals surface area (Å²) in [4.78, 5) is 22.5. The zero-order valence-corrected chi connectivity index (χ0v) is 18.9. The van der Waals surface area contributed by atoms with Gasteiger partial charge in [0.2, 0.25) is 5.91 Å². The summed E-state index contributed by atoms with van der Waals surface area (Å²) >= 11 is 1.79. The maximum absolute atomic E-state index is 12.3. The number of thiophene rings is 1. The Bertz CT molecular complexity index is 627. The van der Waals surface area contributed by atoms with Crippen molar-refractivity contribution in [3.05, 3.63) is 22.4 Å². The number of hydrogen-bond donors (Lipinski definition) is 2. The molecule has 0 aromatic carbocycles. The van der Waals surface area contributed by atoms with Gasteiger partial charge in [-0.3, -0.25) is 14.7 Å². The first-order valence-corrected chi connectivity index (χ1v) is 11.2. The van der Waals surface area contributed by atoms with Gasteiger partial charge in [0.05, 0.1) is 12.6 Å². The predicted molar refractivity (Wildman–Crippen MR) is 119 cm³/mol. The van der Waals surface area contributed by atoms with E-state index in [1.807, 2.05) is 14.1 Å². The number of carbonyl (C=O) groups is 1. The van der Waals surface area contributed by atoms with Crippen LogP contribution in [0.3, 0.4) is 0 Å². The first-order valence-electron chi connectivity index (χ1n) is 10.4. The molecule has 6 nitrogen and oxygen atoms in total. The summed E-state index contributed by atoms with van der Waals surface area (Å²) in [5.74, 6) is 1.10. The van der Waals surface area contributed by atoms with Gasteiger partial charge < -0.3 is 15.5 Å². The molecule has 1 amide bonds. The first-order chi connectivity index (χ1) is 13.3. The van der Waals surface area contributed by atoms with Gasteiger partial charge in [-0.1, -0.05) is 19.9 Å². The van der Waals surface area contributed by atoms with Gasteiger partial charge in [-0.05, 0) is 44.2 Å². The van der Waals surface area contributed by atoms with E-state index in [4.69, 9.17) is 4.99 Å². The van der Waals surface area contributed by atoms with E-state index in [-0.39, 0.29) is 17.4 Å². The molecule has 1 fully saturated rings. The van der Waals surface area contributed by atoms with Crippen molar-refractivity contribution in [3.8, 4) is 0 Å². The molecular formula is C21H37N5OS. The second kappa shape index (κ2) is 10.8. The van der Waals surface area contributed by atoms with Crippen molar-refractivity contribution in [1.29, 1.82) is 0 Å². The van der Waals surface area contributed by atoms with Crippen LogP contribution in [0.15, 0.2) is 22.5 Å². The minimum Gasteiger partial charge on any atom is -0.357 e. The van der Waals surface area contributed by atoms with E-state index in [2.05, 4.69) is 53.8 Å². The lowest BCUT2D eigenvalue weighted by molar-refractivity contribution is -0.133. The highest BCUT2D eigenvalue weighted by atomic mass is 32.1. The number of likely N-dealkylation sites (tertiary alicyclic amines) is 1. The van der Waals surface area contributed by atoms with Crippen LogP contribution in [0, 0.1) is 0 Å². The van der Waals surface area contributed by atoms with Crippen LogP contribution >= 0.6 is 11.3 Å². The van der Waals surface area contributed by atoms with Crippen molar-refractivity contribution >= 4 is 23.2 Å². The zero-order valence-electron chi connectivity index (χ0n) is 18.1. The summed E-state index contributed by atoms with van der Waals surface area (Å²) in [6, 6.07) is 4.34. The normalized spacial score (nSPS) is 18.3. The molecule has 1 aromatic heterocycles. The summed E-state index contributed by atoms with van der Waals surface area (Å²) in [5.41, 5.74) is 0.0336. The molecule has 2 heterocycles. The number of aliphatic imine (C=N–C) groups is 1. The van der Waals surface area contributed by atoms with Crippen LogP contribution < -0.4 is 10.6 Å². The minimum absolute atomic E-state index is 0.0336. The van der Waals surface area contributed by atoms with E-state index in [0.29, 0.717) is 0 Å². The molecule has 0 spiro atoms. The second-order valence-electron chi connectivity index (χ2n) is 8.26. The number of guanidine groups is 1. The highest BCUT2D eigenvalue weighted by molar-refractivity contribution is 7.10. The Morgan fingerprint density at radius 1 is 1.39 bits per heavy atom. The lowest BCUT2D eigenvalue weighted by Gasteiger charge is -2.26. The average molecular weight is 408 g/mol. The van der Waals surface area contributed by atoms with Crippen LogP contribution in [-0.4, -0.2) is 74.5 Å². The molecule has 1 unspecified atom stereocenters.